The van der Waals surface area contributed by atoms with Crippen LogP contribution in [-0.4, -0.2) is 77.5 Å². The maximum atomic E-state index is 6.40. The van der Waals surface area contributed by atoms with Crippen LogP contribution in [0.4, 0.5) is 16.5 Å². The first kappa shape index (κ1) is 30.4. The molecule has 10 heteroatoms. The second-order valence-corrected chi connectivity index (χ2v) is 13.4. The Morgan fingerprint density at radius 1 is 0.767 bits per heavy atom. The minimum Gasteiger partial charge on any atom is -0.491 e. The van der Waals surface area contributed by atoms with E-state index >= 15 is 0 Å². The molecule has 0 amide bonds. The third kappa shape index (κ3) is 8.30. The average molecular weight is 609 g/mol. The van der Waals surface area contributed by atoms with Gasteiger partial charge in [0.25, 0.3) is 0 Å². The van der Waals surface area contributed by atoms with Crippen molar-refractivity contribution < 1.29 is 23.7 Å². The third-order valence-electron chi connectivity index (χ3n) is 8.82. The zero-order valence-corrected chi connectivity index (χ0v) is 26.2. The van der Waals surface area contributed by atoms with Crippen LogP contribution < -0.4 is 9.64 Å². The first-order valence-electron chi connectivity index (χ1n) is 15.6. The standard InChI is InChI=1S/C33H44N4O5S/c1-37(2)28-5-3-27(4-6-28)35-36-32-34-30-8-7-29(20-31(30)43-32)41-15-13-39-11-9-38-10-12-40-14-16-42-33-21-24-17-25(22-33)19-26(18-24)23-33/h3-8,20,24-26H,9-19,21-23H2,1-2H3. The molecule has 4 saturated carbocycles. The monoisotopic (exact) mass is 608 g/mol. The Morgan fingerprint density at radius 3 is 2.00 bits per heavy atom. The Labute approximate surface area is 258 Å². The van der Waals surface area contributed by atoms with Gasteiger partial charge in [0.2, 0.25) is 5.13 Å². The summed E-state index contributed by atoms with van der Waals surface area (Å²) in [5, 5.41) is 9.25. The van der Waals surface area contributed by atoms with E-state index in [1.807, 2.05) is 61.5 Å². The lowest BCUT2D eigenvalue weighted by Crippen LogP contribution is -2.52. The van der Waals surface area contributed by atoms with Crippen molar-refractivity contribution in [3.63, 3.8) is 0 Å². The van der Waals surface area contributed by atoms with Gasteiger partial charge in [-0.3, -0.25) is 0 Å². The molecule has 0 N–H and O–H groups in total. The van der Waals surface area contributed by atoms with Crippen LogP contribution in [0.5, 0.6) is 5.75 Å². The fourth-order valence-electron chi connectivity index (χ4n) is 7.23. The quantitative estimate of drug-likeness (QED) is 0.118. The van der Waals surface area contributed by atoms with E-state index < -0.39 is 0 Å². The lowest BCUT2D eigenvalue weighted by molar-refractivity contribution is -0.169. The highest BCUT2D eigenvalue weighted by Gasteiger charge is 2.51. The van der Waals surface area contributed by atoms with Gasteiger partial charge in [0.1, 0.15) is 12.4 Å². The summed E-state index contributed by atoms with van der Waals surface area (Å²) in [7, 11) is 4.02. The van der Waals surface area contributed by atoms with Crippen LogP contribution in [0.2, 0.25) is 0 Å². The molecule has 4 fully saturated rings. The van der Waals surface area contributed by atoms with Crippen molar-refractivity contribution in [2.45, 2.75) is 44.1 Å². The molecule has 4 aliphatic carbocycles. The molecular formula is C33H44N4O5S. The molecule has 0 unspecified atom stereocenters. The van der Waals surface area contributed by atoms with E-state index in [0.29, 0.717) is 58.0 Å². The van der Waals surface area contributed by atoms with E-state index in [4.69, 9.17) is 23.7 Å². The number of rotatable bonds is 17. The van der Waals surface area contributed by atoms with Gasteiger partial charge in [-0.2, -0.15) is 0 Å². The van der Waals surface area contributed by atoms with Gasteiger partial charge >= 0.3 is 0 Å². The second-order valence-electron chi connectivity index (χ2n) is 12.4. The molecule has 7 rings (SSSR count). The van der Waals surface area contributed by atoms with E-state index in [1.54, 1.807) is 0 Å². The summed E-state index contributed by atoms with van der Waals surface area (Å²) < 4.78 is 30.3. The Morgan fingerprint density at radius 2 is 1.37 bits per heavy atom. The van der Waals surface area contributed by atoms with Crippen molar-refractivity contribution in [1.82, 2.24) is 4.98 Å². The molecule has 4 bridgehead atoms. The van der Waals surface area contributed by atoms with Gasteiger partial charge in [-0.05, 0) is 98.7 Å². The van der Waals surface area contributed by atoms with E-state index in [-0.39, 0.29) is 5.60 Å². The fraction of sp³-hybridized carbons (Fsp3) is 0.606. The van der Waals surface area contributed by atoms with Gasteiger partial charge in [0.15, 0.2) is 0 Å². The van der Waals surface area contributed by atoms with Crippen molar-refractivity contribution in [2.75, 3.05) is 71.9 Å². The summed E-state index contributed by atoms with van der Waals surface area (Å²) in [5.41, 5.74) is 2.95. The molecule has 1 aromatic heterocycles. The van der Waals surface area contributed by atoms with Gasteiger partial charge in [-0.25, -0.2) is 4.98 Å². The maximum Gasteiger partial charge on any atom is 0.231 e. The van der Waals surface area contributed by atoms with Crippen LogP contribution in [0.1, 0.15) is 38.5 Å². The number of thiazole rings is 1. The van der Waals surface area contributed by atoms with Gasteiger partial charge in [-0.15, -0.1) is 10.2 Å². The van der Waals surface area contributed by atoms with E-state index in [2.05, 4.69) is 15.2 Å². The fourth-order valence-corrected chi connectivity index (χ4v) is 8.04. The Kier molecular flexibility index (Phi) is 10.2. The Balaban J connectivity index is 0.793. The number of hydrogen-bond donors (Lipinski definition) is 0. The molecule has 43 heavy (non-hydrogen) atoms. The molecule has 0 atom stereocenters. The lowest BCUT2D eigenvalue weighted by atomic mass is 9.54. The lowest BCUT2D eigenvalue weighted by Gasteiger charge is -2.56. The minimum atomic E-state index is 0.167. The molecule has 0 spiro atoms. The van der Waals surface area contributed by atoms with Crippen molar-refractivity contribution in [2.24, 2.45) is 28.0 Å². The van der Waals surface area contributed by atoms with Crippen molar-refractivity contribution in [3.8, 4) is 5.75 Å². The molecule has 232 valence electrons. The number of ether oxygens (including phenoxy) is 5. The summed E-state index contributed by atoms with van der Waals surface area (Å²) >= 11 is 1.49. The van der Waals surface area contributed by atoms with Gasteiger partial charge in [-0.1, -0.05) is 11.3 Å². The SMILES string of the molecule is CN(C)c1ccc(N=Nc2nc3ccc(OCCOCCOCCOCCOC45CC6CC(CC(C6)C4)C5)cc3s2)cc1. The van der Waals surface area contributed by atoms with Crippen LogP contribution in [-0.2, 0) is 18.9 Å². The van der Waals surface area contributed by atoms with Gasteiger partial charge in [0.05, 0.1) is 67.8 Å². The zero-order chi connectivity index (χ0) is 29.5. The summed E-state index contributed by atoms with van der Waals surface area (Å²) in [5.74, 6) is 3.53. The number of benzene rings is 2. The van der Waals surface area contributed by atoms with Crippen molar-refractivity contribution in [1.29, 1.82) is 0 Å². The average Bonchev–Trinajstić information content (AvgIpc) is 3.40. The first-order chi connectivity index (χ1) is 21.0. The number of hydrogen-bond acceptors (Lipinski definition) is 10. The Hall–Kier alpha value is -2.63. The number of anilines is 1. The first-order valence-corrected chi connectivity index (χ1v) is 16.4. The van der Waals surface area contributed by atoms with Crippen LogP contribution in [0.3, 0.4) is 0 Å². The van der Waals surface area contributed by atoms with Crippen LogP contribution in [0, 0.1) is 17.8 Å². The van der Waals surface area contributed by atoms with E-state index in [1.165, 1.54) is 49.9 Å². The predicted octanol–water partition coefficient (Wildman–Crippen LogP) is 7.19. The van der Waals surface area contributed by atoms with Gasteiger partial charge < -0.3 is 28.6 Å². The summed E-state index contributed by atoms with van der Waals surface area (Å²) in [4.78, 5) is 6.60. The molecule has 1 heterocycles. The smallest absolute Gasteiger partial charge is 0.231 e. The highest BCUT2D eigenvalue weighted by molar-refractivity contribution is 7.21. The highest BCUT2D eigenvalue weighted by atomic mass is 32.1. The summed E-state index contributed by atoms with van der Waals surface area (Å²) in [6.45, 7) is 4.51. The molecule has 3 aromatic rings. The Bertz CT molecular complexity index is 1310. The van der Waals surface area contributed by atoms with Gasteiger partial charge in [0, 0.05) is 19.8 Å². The second kappa shape index (κ2) is 14.4. The highest BCUT2D eigenvalue weighted by Crippen LogP contribution is 2.57. The van der Waals surface area contributed by atoms with E-state index in [0.717, 1.165) is 45.1 Å². The molecule has 0 radical (unpaired) electrons. The summed E-state index contributed by atoms with van der Waals surface area (Å²) in [6, 6.07) is 13.8. The topological polar surface area (TPSA) is 87.0 Å². The number of aromatic nitrogens is 1. The molecule has 0 aliphatic heterocycles. The minimum absolute atomic E-state index is 0.167. The largest absolute Gasteiger partial charge is 0.491 e. The number of azo groups is 1. The van der Waals surface area contributed by atoms with Crippen LogP contribution in [0.15, 0.2) is 52.7 Å². The molecule has 0 saturated heterocycles. The zero-order valence-electron chi connectivity index (χ0n) is 25.4. The molecule has 2 aromatic carbocycles. The maximum absolute atomic E-state index is 6.40. The normalized spacial score (nSPS) is 24.4. The summed E-state index contributed by atoms with van der Waals surface area (Å²) in [6.07, 6.45) is 8.16. The number of fused-ring (bicyclic) bond motifs is 1. The molecular weight excluding hydrogens is 564 g/mol. The van der Waals surface area contributed by atoms with Crippen LogP contribution >= 0.6 is 11.3 Å². The molecule has 4 aliphatic rings. The number of nitrogens with zero attached hydrogens (tertiary/aromatic N) is 4. The third-order valence-corrected chi connectivity index (χ3v) is 9.73. The molecule has 9 nitrogen and oxygen atoms in total. The van der Waals surface area contributed by atoms with E-state index in [9.17, 15) is 0 Å². The van der Waals surface area contributed by atoms with Crippen LogP contribution in [0.25, 0.3) is 10.2 Å². The predicted molar refractivity (Wildman–Crippen MR) is 169 cm³/mol. The van der Waals surface area contributed by atoms with Crippen molar-refractivity contribution in [3.05, 3.63) is 42.5 Å². The van der Waals surface area contributed by atoms with Crippen molar-refractivity contribution >= 4 is 38.1 Å².